The molecule has 1 fully saturated rings. The monoisotopic (exact) mass is 367 g/mol. The first kappa shape index (κ1) is 20.7. The molecule has 25 heavy (non-hydrogen) atoms. The van der Waals surface area contributed by atoms with Gasteiger partial charge in [0.15, 0.2) is 0 Å². The Labute approximate surface area is 157 Å². The number of rotatable bonds is 7. The van der Waals surface area contributed by atoms with Crippen LogP contribution in [0.1, 0.15) is 65.4 Å². The van der Waals surface area contributed by atoms with Crippen molar-refractivity contribution in [3.8, 4) is 0 Å². The zero-order valence-electron chi connectivity index (χ0n) is 15.8. The maximum Gasteiger partial charge on any atom is 0.491 e. The Balaban J connectivity index is 2.11. The summed E-state index contributed by atoms with van der Waals surface area (Å²) in [6, 6.07) is 5.94. The lowest BCUT2D eigenvalue weighted by Gasteiger charge is -2.38. The maximum atomic E-state index is 10.6. The summed E-state index contributed by atoms with van der Waals surface area (Å²) in [4.78, 5) is 0. The Morgan fingerprint density at radius 2 is 1.84 bits per heavy atom. The third-order valence-corrected chi connectivity index (χ3v) is 5.67. The average molecular weight is 368 g/mol. The first-order valence-corrected chi connectivity index (χ1v) is 9.58. The minimum absolute atomic E-state index is 0.520. The van der Waals surface area contributed by atoms with Gasteiger partial charge in [-0.1, -0.05) is 36.9 Å². The van der Waals surface area contributed by atoms with Crippen LogP contribution in [0.2, 0.25) is 5.02 Å². The predicted octanol–water partition coefficient (Wildman–Crippen LogP) is 3.02. The maximum absolute atomic E-state index is 10.6. The lowest BCUT2D eigenvalue weighted by molar-refractivity contribution is -0.0982. The molecule has 0 atom stereocenters. The number of hydrogen-bond acceptors (Lipinski definition) is 4. The topological polar surface area (TPSA) is 61.7 Å². The zero-order chi connectivity index (χ0) is 18.7. The van der Waals surface area contributed by atoms with Crippen LogP contribution in [0.3, 0.4) is 0 Å². The van der Waals surface area contributed by atoms with Gasteiger partial charge in [0.1, 0.15) is 0 Å². The highest BCUT2D eigenvalue weighted by Crippen LogP contribution is 2.26. The van der Waals surface area contributed by atoms with Crippen molar-refractivity contribution in [2.24, 2.45) is 0 Å². The number of aliphatic hydroxyl groups is 1. The van der Waals surface area contributed by atoms with Crippen LogP contribution in [0.25, 0.3) is 0 Å². The van der Waals surface area contributed by atoms with Crippen molar-refractivity contribution in [3.63, 3.8) is 0 Å². The molecule has 3 N–H and O–H groups in total. The minimum Gasteiger partial charge on any atom is -0.423 e. The molecule has 140 valence electrons. The molecule has 1 aromatic carbocycles. The van der Waals surface area contributed by atoms with Crippen LogP contribution >= 0.6 is 11.6 Å². The number of hydrogen-bond donors (Lipinski definition) is 3. The van der Waals surface area contributed by atoms with E-state index in [1.54, 1.807) is 39.8 Å². The van der Waals surface area contributed by atoms with Gasteiger partial charge in [-0.3, -0.25) is 0 Å². The van der Waals surface area contributed by atoms with Gasteiger partial charge in [-0.25, -0.2) is 0 Å². The number of halogens is 1. The summed E-state index contributed by atoms with van der Waals surface area (Å²) < 4.78 is 5.80. The van der Waals surface area contributed by atoms with E-state index in [0.717, 1.165) is 5.56 Å². The molecule has 1 aliphatic rings. The van der Waals surface area contributed by atoms with Crippen LogP contribution < -0.4 is 10.8 Å². The average Bonchev–Trinajstić information content (AvgIpc) is 2.52. The first-order valence-electron chi connectivity index (χ1n) is 9.20. The van der Waals surface area contributed by atoms with Crippen LogP contribution in [0.4, 0.5) is 0 Å². The fraction of sp³-hybridized carbons (Fsp3) is 0.684. The quantitative estimate of drug-likeness (QED) is 0.648. The van der Waals surface area contributed by atoms with Crippen LogP contribution in [-0.4, -0.2) is 34.5 Å². The summed E-state index contributed by atoms with van der Waals surface area (Å²) in [5, 5.41) is 25.1. The summed E-state index contributed by atoms with van der Waals surface area (Å²) in [6.07, 6.45) is 6.25. The van der Waals surface area contributed by atoms with E-state index in [0.29, 0.717) is 23.1 Å². The molecule has 0 bridgehead atoms. The molecule has 1 aromatic rings. The van der Waals surface area contributed by atoms with Crippen molar-refractivity contribution in [2.45, 2.75) is 83.6 Å². The third-order valence-electron chi connectivity index (χ3n) is 5.44. The number of nitrogens with one attached hydrogen (secondary N) is 1. The van der Waals surface area contributed by atoms with Gasteiger partial charge in [0.05, 0.1) is 11.2 Å². The molecule has 0 unspecified atom stereocenters. The Bertz CT molecular complexity index is 568. The lowest BCUT2D eigenvalue weighted by atomic mass is 9.74. The SMILES string of the molecule is CC(C)(O)C(C)(C)OB(O)c1ccc(Cl)cc1CNC1CCCCC1. The molecular weight excluding hydrogens is 336 g/mol. The van der Waals surface area contributed by atoms with E-state index in [4.69, 9.17) is 16.3 Å². The summed E-state index contributed by atoms with van der Waals surface area (Å²) in [5.74, 6) is 0. The van der Waals surface area contributed by atoms with Crippen molar-refractivity contribution in [1.82, 2.24) is 5.32 Å². The molecule has 0 aromatic heterocycles. The van der Waals surface area contributed by atoms with Gasteiger partial charge >= 0.3 is 7.12 Å². The molecule has 4 nitrogen and oxygen atoms in total. The van der Waals surface area contributed by atoms with Gasteiger partial charge in [-0.15, -0.1) is 0 Å². The van der Waals surface area contributed by atoms with Crippen LogP contribution in [-0.2, 0) is 11.2 Å². The van der Waals surface area contributed by atoms with Crippen LogP contribution in [0.5, 0.6) is 0 Å². The van der Waals surface area contributed by atoms with E-state index in [1.165, 1.54) is 32.1 Å². The summed E-state index contributed by atoms with van der Waals surface area (Å²) >= 11 is 6.16. The van der Waals surface area contributed by atoms with E-state index in [9.17, 15) is 10.1 Å². The van der Waals surface area contributed by atoms with E-state index < -0.39 is 18.3 Å². The fourth-order valence-electron chi connectivity index (χ4n) is 3.02. The highest BCUT2D eigenvalue weighted by molar-refractivity contribution is 6.60. The molecule has 0 amide bonds. The fourth-order valence-corrected chi connectivity index (χ4v) is 3.21. The Kier molecular flexibility index (Phi) is 6.97. The highest BCUT2D eigenvalue weighted by Gasteiger charge is 2.40. The van der Waals surface area contributed by atoms with Gasteiger partial charge < -0.3 is 20.1 Å². The Morgan fingerprint density at radius 3 is 2.44 bits per heavy atom. The van der Waals surface area contributed by atoms with Crippen molar-refractivity contribution in [2.75, 3.05) is 0 Å². The molecule has 1 aliphatic carbocycles. The van der Waals surface area contributed by atoms with Crippen molar-refractivity contribution in [3.05, 3.63) is 28.8 Å². The zero-order valence-corrected chi connectivity index (χ0v) is 16.6. The van der Waals surface area contributed by atoms with Crippen molar-refractivity contribution < 1.29 is 14.8 Å². The van der Waals surface area contributed by atoms with Crippen LogP contribution in [0.15, 0.2) is 18.2 Å². The molecule has 1 saturated carbocycles. The molecule has 0 heterocycles. The van der Waals surface area contributed by atoms with E-state index in [2.05, 4.69) is 5.32 Å². The molecule has 0 spiro atoms. The van der Waals surface area contributed by atoms with E-state index >= 15 is 0 Å². The normalized spacial score (nSPS) is 16.9. The third kappa shape index (κ3) is 5.70. The van der Waals surface area contributed by atoms with Gasteiger partial charge in [-0.05, 0) is 63.7 Å². The molecule has 0 aliphatic heterocycles. The van der Waals surface area contributed by atoms with Gasteiger partial charge in [0, 0.05) is 17.6 Å². The Morgan fingerprint density at radius 1 is 1.20 bits per heavy atom. The standard InChI is InChI=1S/C19H31BClNO3/c1-18(2,23)19(3,4)25-20(24)17-11-10-15(21)12-14(17)13-22-16-8-6-5-7-9-16/h10-12,16,22-24H,5-9,13H2,1-4H3. The molecule has 0 saturated heterocycles. The second-order valence-corrected chi connectivity index (χ2v) is 8.53. The molecular formula is C19H31BClNO3. The van der Waals surface area contributed by atoms with E-state index in [1.807, 2.05) is 6.07 Å². The number of benzene rings is 1. The predicted molar refractivity (Wildman–Crippen MR) is 104 cm³/mol. The van der Waals surface area contributed by atoms with Crippen LogP contribution in [0, 0.1) is 0 Å². The summed E-state index contributed by atoms with van der Waals surface area (Å²) in [5.41, 5.74) is -0.372. The van der Waals surface area contributed by atoms with Crippen molar-refractivity contribution >= 4 is 24.2 Å². The van der Waals surface area contributed by atoms with Gasteiger partial charge in [0.2, 0.25) is 0 Å². The first-order chi connectivity index (χ1) is 11.6. The lowest BCUT2D eigenvalue weighted by Crippen LogP contribution is -2.53. The summed E-state index contributed by atoms with van der Waals surface area (Å²) in [7, 11) is -1.12. The smallest absolute Gasteiger partial charge is 0.423 e. The largest absolute Gasteiger partial charge is 0.491 e. The van der Waals surface area contributed by atoms with Gasteiger partial charge in [0.25, 0.3) is 0 Å². The van der Waals surface area contributed by atoms with Crippen molar-refractivity contribution in [1.29, 1.82) is 0 Å². The van der Waals surface area contributed by atoms with E-state index in [-0.39, 0.29) is 0 Å². The van der Waals surface area contributed by atoms with Gasteiger partial charge in [-0.2, -0.15) is 0 Å². The second-order valence-electron chi connectivity index (χ2n) is 8.10. The molecule has 2 rings (SSSR count). The highest BCUT2D eigenvalue weighted by atomic mass is 35.5. The minimum atomic E-state index is -1.12. The Hall–Kier alpha value is -0.585. The second kappa shape index (κ2) is 8.40. The molecule has 6 heteroatoms. The molecule has 0 radical (unpaired) electrons. The summed E-state index contributed by atoms with van der Waals surface area (Å²) in [6.45, 7) is 7.53.